The number of hydrogen-bond acceptors (Lipinski definition) is 6. The van der Waals surface area contributed by atoms with E-state index >= 15 is 0 Å². The van der Waals surface area contributed by atoms with Crippen molar-refractivity contribution >= 4 is 5.91 Å². The van der Waals surface area contributed by atoms with E-state index in [4.69, 9.17) is 0 Å². The van der Waals surface area contributed by atoms with Crippen LogP contribution in [0.15, 0.2) is 18.6 Å². The smallest absolute Gasteiger partial charge is 0.274 e. The van der Waals surface area contributed by atoms with Gasteiger partial charge in [-0.1, -0.05) is 6.92 Å². The van der Waals surface area contributed by atoms with E-state index in [2.05, 4.69) is 30.0 Å². The van der Waals surface area contributed by atoms with Crippen LogP contribution < -0.4 is 0 Å². The highest BCUT2D eigenvalue weighted by molar-refractivity contribution is 5.91. The van der Waals surface area contributed by atoms with Crippen LogP contribution in [0, 0.1) is 0 Å². The molecule has 0 aliphatic carbocycles. The summed E-state index contributed by atoms with van der Waals surface area (Å²) in [4.78, 5) is 29.1. The summed E-state index contributed by atoms with van der Waals surface area (Å²) in [7, 11) is 0. The lowest BCUT2D eigenvalue weighted by atomic mass is 10.3. The second-order valence-electron chi connectivity index (χ2n) is 5.56. The van der Waals surface area contributed by atoms with E-state index < -0.39 is 0 Å². The Morgan fingerprint density at radius 2 is 2.17 bits per heavy atom. The summed E-state index contributed by atoms with van der Waals surface area (Å²) in [5.41, 5.74) is 0.406. The molecule has 0 atom stereocenters. The Morgan fingerprint density at radius 1 is 1.26 bits per heavy atom. The van der Waals surface area contributed by atoms with Crippen molar-refractivity contribution in [3.63, 3.8) is 0 Å². The Hall–Kier alpha value is -2.35. The van der Waals surface area contributed by atoms with Gasteiger partial charge >= 0.3 is 0 Å². The number of aryl methyl sites for hydroxylation is 1. The zero-order valence-corrected chi connectivity index (χ0v) is 13.3. The SMILES string of the molecule is CCc1n[nH]c(CN2CCCN(C(=O)c3cnccn3)CC2)n1. The fourth-order valence-corrected chi connectivity index (χ4v) is 2.68. The fraction of sp³-hybridized carbons (Fsp3) is 0.533. The van der Waals surface area contributed by atoms with Crippen LogP contribution in [-0.2, 0) is 13.0 Å². The third kappa shape index (κ3) is 3.89. The molecule has 122 valence electrons. The van der Waals surface area contributed by atoms with Gasteiger partial charge < -0.3 is 4.90 Å². The summed E-state index contributed by atoms with van der Waals surface area (Å²) in [6, 6.07) is 0. The summed E-state index contributed by atoms with van der Waals surface area (Å²) < 4.78 is 0. The maximum atomic E-state index is 12.4. The molecule has 3 heterocycles. The van der Waals surface area contributed by atoms with Gasteiger partial charge in [0.05, 0.1) is 12.7 Å². The molecule has 0 bridgehead atoms. The third-order valence-electron chi connectivity index (χ3n) is 3.93. The number of rotatable bonds is 4. The summed E-state index contributed by atoms with van der Waals surface area (Å²) in [5.74, 6) is 1.68. The van der Waals surface area contributed by atoms with Gasteiger partial charge in [0.2, 0.25) is 0 Å². The van der Waals surface area contributed by atoms with Crippen LogP contribution in [0.2, 0.25) is 0 Å². The number of aromatic amines is 1. The van der Waals surface area contributed by atoms with Crippen molar-refractivity contribution in [2.45, 2.75) is 26.3 Å². The van der Waals surface area contributed by atoms with E-state index in [1.54, 1.807) is 12.4 Å². The van der Waals surface area contributed by atoms with Gasteiger partial charge in [-0.25, -0.2) is 9.97 Å². The van der Waals surface area contributed by atoms with Crippen LogP contribution in [0.3, 0.4) is 0 Å². The van der Waals surface area contributed by atoms with Crippen molar-refractivity contribution in [1.82, 2.24) is 34.9 Å². The number of aromatic nitrogens is 5. The number of carbonyl (C=O) groups is 1. The molecule has 8 nitrogen and oxygen atoms in total. The second kappa shape index (κ2) is 7.28. The molecule has 2 aromatic heterocycles. The standard InChI is InChI=1S/C15H21N7O/c1-2-13-18-14(20-19-13)11-21-6-3-7-22(9-8-21)15(23)12-10-16-4-5-17-12/h4-5,10H,2-3,6-9,11H2,1H3,(H,18,19,20). The molecule has 1 fully saturated rings. The number of nitrogens with zero attached hydrogens (tertiary/aromatic N) is 6. The molecule has 0 saturated carbocycles. The van der Waals surface area contributed by atoms with Crippen LogP contribution in [0.4, 0.5) is 0 Å². The van der Waals surface area contributed by atoms with Crippen LogP contribution in [-0.4, -0.2) is 67.0 Å². The molecule has 0 radical (unpaired) electrons. The Morgan fingerprint density at radius 3 is 2.91 bits per heavy atom. The second-order valence-corrected chi connectivity index (χ2v) is 5.56. The molecular formula is C15H21N7O. The first-order valence-corrected chi connectivity index (χ1v) is 7.94. The van der Waals surface area contributed by atoms with E-state index in [9.17, 15) is 4.79 Å². The highest BCUT2D eigenvalue weighted by atomic mass is 16.2. The van der Waals surface area contributed by atoms with E-state index in [0.29, 0.717) is 12.2 Å². The van der Waals surface area contributed by atoms with Gasteiger partial charge in [0.1, 0.15) is 17.3 Å². The number of H-pyrrole nitrogens is 1. The molecule has 0 aromatic carbocycles. The molecular weight excluding hydrogens is 294 g/mol. The summed E-state index contributed by atoms with van der Waals surface area (Å²) >= 11 is 0. The minimum Gasteiger partial charge on any atom is -0.336 e. The monoisotopic (exact) mass is 315 g/mol. The predicted molar refractivity (Wildman–Crippen MR) is 83.6 cm³/mol. The molecule has 1 amide bonds. The summed E-state index contributed by atoms with van der Waals surface area (Å²) in [6.07, 6.45) is 6.40. The summed E-state index contributed by atoms with van der Waals surface area (Å²) in [6.45, 7) is 5.95. The predicted octanol–water partition coefficient (Wildman–Crippen LogP) is 0.505. The largest absolute Gasteiger partial charge is 0.336 e. The molecule has 8 heteroatoms. The van der Waals surface area contributed by atoms with Crippen molar-refractivity contribution in [2.75, 3.05) is 26.2 Å². The Balaban J connectivity index is 1.57. The Labute approximate surface area is 135 Å². The number of amides is 1. The van der Waals surface area contributed by atoms with Crippen LogP contribution in [0.25, 0.3) is 0 Å². The first kappa shape index (κ1) is 15.5. The molecule has 23 heavy (non-hydrogen) atoms. The van der Waals surface area contributed by atoms with E-state index in [0.717, 1.165) is 50.7 Å². The van der Waals surface area contributed by atoms with Gasteiger partial charge in [-0.15, -0.1) is 0 Å². The van der Waals surface area contributed by atoms with Crippen LogP contribution >= 0.6 is 0 Å². The van der Waals surface area contributed by atoms with Crippen LogP contribution in [0.1, 0.15) is 35.5 Å². The minimum atomic E-state index is -0.0483. The Kier molecular flexibility index (Phi) is 4.92. The lowest BCUT2D eigenvalue weighted by Gasteiger charge is -2.20. The van der Waals surface area contributed by atoms with Crippen molar-refractivity contribution < 1.29 is 4.79 Å². The fourth-order valence-electron chi connectivity index (χ4n) is 2.68. The topological polar surface area (TPSA) is 90.9 Å². The van der Waals surface area contributed by atoms with Crippen molar-refractivity contribution in [2.24, 2.45) is 0 Å². The van der Waals surface area contributed by atoms with E-state index in [1.165, 1.54) is 6.20 Å². The first-order valence-electron chi connectivity index (χ1n) is 7.94. The molecule has 0 unspecified atom stereocenters. The van der Waals surface area contributed by atoms with E-state index in [-0.39, 0.29) is 5.91 Å². The quantitative estimate of drug-likeness (QED) is 0.884. The minimum absolute atomic E-state index is 0.0483. The van der Waals surface area contributed by atoms with Crippen molar-refractivity contribution in [3.05, 3.63) is 35.9 Å². The molecule has 2 aromatic rings. The highest BCUT2D eigenvalue weighted by Crippen LogP contribution is 2.09. The average Bonchev–Trinajstić information content (AvgIpc) is 2.92. The Bertz CT molecular complexity index is 642. The van der Waals surface area contributed by atoms with Gasteiger partial charge in [-0.2, -0.15) is 5.10 Å². The zero-order valence-electron chi connectivity index (χ0n) is 13.3. The van der Waals surface area contributed by atoms with Crippen molar-refractivity contribution in [3.8, 4) is 0 Å². The number of carbonyl (C=O) groups excluding carboxylic acids is 1. The van der Waals surface area contributed by atoms with Gasteiger partial charge in [0.25, 0.3) is 5.91 Å². The molecule has 1 saturated heterocycles. The molecule has 1 aliphatic rings. The maximum Gasteiger partial charge on any atom is 0.274 e. The lowest BCUT2D eigenvalue weighted by Crippen LogP contribution is -2.35. The average molecular weight is 315 g/mol. The maximum absolute atomic E-state index is 12.4. The van der Waals surface area contributed by atoms with Crippen molar-refractivity contribution in [1.29, 1.82) is 0 Å². The van der Waals surface area contributed by atoms with Gasteiger partial charge in [-0.05, 0) is 6.42 Å². The van der Waals surface area contributed by atoms with Gasteiger partial charge in [0.15, 0.2) is 0 Å². The highest BCUT2D eigenvalue weighted by Gasteiger charge is 2.21. The zero-order chi connectivity index (χ0) is 16.1. The normalized spacial score (nSPS) is 16.3. The van der Waals surface area contributed by atoms with E-state index in [1.807, 2.05) is 11.8 Å². The third-order valence-corrected chi connectivity index (χ3v) is 3.93. The van der Waals surface area contributed by atoms with Gasteiger partial charge in [0, 0.05) is 45.0 Å². The number of hydrogen-bond donors (Lipinski definition) is 1. The molecule has 1 aliphatic heterocycles. The lowest BCUT2D eigenvalue weighted by molar-refractivity contribution is 0.0754. The molecule has 1 N–H and O–H groups in total. The first-order chi connectivity index (χ1) is 11.3. The molecule has 0 spiro atoms. The van der Waals surface area contributed by atoms with Gasteiger partial charge in [-0.3, -0.25) is 19.8 Å². The van der Waals surface area contributed by atoms with Crippen LogP contribution in [0.5, 0.6) is 0 Å². The molecule has 3 rings (SSSR count). The summed E-state index contributed by atoms with van der Waals surface area (Å²) in [5, 5.41) is 7.15. The number of nitrogens with one attached hydrogen (secondary N) is 1.